The summed E-state index contributed by atoms with van der Waals surface area (Å²) in [4.78, 5) is 7.46. The number of aromatic nitrogens is 2. The molecule has 0 amide bonds. The van der Waals surface area contributed by atoms with E-state index in [1.165, 1.54) is 0 Å². The number of imidazole rings is 1. The highest BCUT2D eigenvalue weighted by Gasteiger charge is 2.22. The molecule has 78 valence electrons. The predicted octanol–water partition coefficient (Wildman–Crippen LogP) is 2.11. The maximum atomic E-state index is 13.6. The minimum absolute atomic E-state index is 0.332. The lowest BCUT2D eigenvalue weighted by Crippen LogP contribution is -2.13. The van der Waals surface area contributed by atoms with Gasteiger partial charge in [0.15, 0.2) is 12.6 Å². The number of allylic oxidation sites excluding steroid dienone is 3. The van der Waals surface area contributed by atoms with Crippen molar-refractivity contribution in [2.75, 3.05) is 0 Å². The fourth-order valence-electron chi connectivity index (χ4n) is 1.46. The van der Waals surface area contributed by atoms with E-state index in [0.29, 0.717) is 23.9 Å². The first kappa shape index (κ1) is 9.64. The zero-order valence-electron chi connectivity index (χ0n) is 8.27. The van der Waals surface area contributed by atoms with Crippen LogP contribution in [0.5, 0.6) is 0 Å². The van der Waals surface area contributed by atoms with Gasteiger partial charge in [-0.3, -0.25) is 9.56 Å². The third kappa shape index (κ3) is 1.56. The Bertz CT molecular complexity index is 459. The summed E-state index contributed by atoms with van der Waals surface area (Å²) in [6, 6.07) is 0. The topological polar surface area (TPSA) is 39.4 Å². The Labute approximate surface area is 86.4 Å². The van der Waals surface area contributed by atoms with Crippen LogP contribution in [0.2, 0.25) is 0 Å². The van der Waals surface area contributed by atoms with Gasteiger partial charge in [-0.05, 0) is 13.6 Å². The minimum atomic E-state index is -0.491. The molecule has 2 rings (SSSR count). The first-order valence-corrected chi connectivity index (χ1v) is 4.41. The molecule has 15 heavy (non-hydrogen) atoms. The molecule has 1 aliphatic rings. The Balaban J connectivity index is 2.54. The van der Waals surface area contributed by atoms with E-state index in [0.717, 1.165) is 6.20 Å². The lowest BCUT2D eigenvalue weighted by molar-refractivity contribution is 0.137. The molecule has 1 aliphatic heterocycles. The molecule has 0 saturated heterocycles. The van der Waals surface area contributed by atoms with Gasteiger partial charge in [0.2, 0.25) is 0 Å². The number of ether oxygens (including phenoxy) is 1. The van der Waals surface area contributed by atoms with Crippen LogP contribution in [0.15, 0.2) is 35.2 Å². The number of rotatable bonds is 2. The van der Waals surface area contributed by atoms with Gasteiger partial charge >= 0.3 is 0 Å². The molecule has 0 aliphatic carbocycles. The predicted molar refractivity (Wildman–Crippen MR) is 54.6 cm³/mol. The first-order chi connectivity index (χ1) is 7.24. The van der Waals surface area contributed by atoms with E-state index in [1.807, 2.05) is 0 Å². The van der Waals surface area contributed by atoms with Crippen LogP contribution in [-0.2, 0) is 11.5 Å². The van der Waals surface area contributed by atoms with Gasteiger partial charge in [0.25, 0.3) is 0 Å². The number of fused-ring (bicyclic) bond motifs is 1. The van der Waals surface area contributed by atoms with Crippen LogP contribution in [0.1, 0.15) is 12.7 Å². The SMILES string of the molecule is C=N/C=C(/F)C1=C(C)OCn2ccnc21. The maximum absolute atomic E-state index is 13.6. The van der Waals surface area contributed by atoms with Crippen molar-refractivity contribution in [2.24, 2.45) is 4.99 Å². The van der Waals surface area contributed by atoms with E-state index in [-0.39, 0.29) is 0 Å². The number of nitrogens with zero attached hydrogens (tertiary/aromatic N) is 3. The molecule has 0 N–H and O–H groups in total. The summed E-state index contributed by atoms with van der Waals surface area (Å²) in [7, 11) is 0. The highest BCUT2D eigenvalue weighted by atomic mass is 19.1. The van der Waals surface area contributed by atoms with E-state index in [9.17, 15) is 4.39 Å². The van der Waals surface area contributed by atoms with Crippen molar-refractivity contribution in [1.82, 2.24) is 9.55 Å². The van der Waals surface area contributed by atoms with Crippen LogP contribution < -0.4 is 0 Å². The van der Waals surface area contributed by atoms with Gasteiger partial charge < -0.3 is 4.74 Å². The van der Waals surface area contributed by atoms with Crippen molar-refractivity contribution in [2.45, 2.75) is 13.7 Å². The summed E-state index contributed by atoms with van der Waals surface area (Å²) in [6.45, 7) is 5.27. The summed E-state index contributed by atoms with van der Waals surface area (Å²) in [6.07, 6.45) is 4.38. The normalized spacial score (nSPS) is 16.0. The van der Waals surface area contributed by atoms with Gasteiger partial charge in [-0.15, -0.1) is 0 Å². The highest BCUT2D eigenvalue weighted by Crippen LogP contribution is 2.30. The maximum Gasteiger partial charge on any atom is 0.165 e. The molecular weight excluding hydrogens is 197 g/mol. The molecule has 1 aromatic heterocycles. The van der Waals surface area contributed by atoms with Crippen molar-refractivity contribution in [3.63, 3.8) is 0 Å². The Morgan fingerprint density at radius 2 is 2.60 bits per heavy atom. The van der Waals surface area contributed by atoms with Crippen molar-refractivity contribution in [1.29, 1.82) is 0 Å². The molecule has 4 nitrogen and oxygen atoms in total. The number of halogens is 1. The fourth-order valence-corrected chi connectivity index (χ4v) is 1.46. The lowest BCUT2D eigenvalue weighted by Gasteiger charge is -2.19. The molecule has 0 aromatic carbocycles. The van der Waals surface area contributed by atoms with Gasteiger partial charge in [0.05, 0.1) is 11.8 Å². The second kappa shape index (κ2) is 3.68. The minimum Gasteiger partial charge on any atom is -0.476 e. The van der Waals surface area contributed by atoms with Gasteiger partial charge in [0, 0.05) is 12.4 Å². The molecule has 0 bridgehead atoms. The van der Waals surface area contributed by atoms with Crippen molar-refractivity contribution in [3.05, 3.63) is 36.0 Å². The van der Waals surface area contributed by atoms with Crippen LogP contribution in [0, 0.1) is 0 Å². The standard InChI is InChI=1S/C10H10FN3O/c1-7-9(8(11)5-12-2)10-13-3-4-14(10)6-15-7/h3-5H,2,6H2,1H3/b8-5+. The van der Waals surface area contributed by atoms with Crippen LogP contribution in [0.3, 0.4) is 0 Å². The molecule has 0 fully saturated rings. The third-order valence-electron chi connectivity index (χ3n) is 2.15. The molecule has 0 spiro atoms. The third-order valence-corrected chi connectivity index (χ3v) is 2.15. The van der Waals surface area contributed by atoms with E-state index in [4.69, 9.17) is 4.74 Å². The van der Waals surface area contributed by atoms with Crippen LogP contribution in [0.25, 0.3) is 5.57 Å². The Morgan fingerprint density at radius 1 is 1.80 bits per heavy atom. The van der Waals surface area contributed by atoms with Gasteiger partial charge in [-0.1, -0.05) is 0 Å². The molecular formula is C10H10FN3O. The number of hydrogen-bond donors (Lipinski definition) is 0. The Kier molecular flexibility index (Phi) is 2.37. The molecule has 1 aromatic rings. The summed E-state index contributed by atoms with van der Waals surface area (Å²) in [5, 5.41) is 0. The van der Waals surface area contributed by atoms with E-state index in [1.54, 1.807) is 23.9 Å². The zero-order valence-corrected chi connectivity index (χ0v) is 8.27. The molecule has 5 heteroatoms. The van der Waals surface area contributed by atoms with Gasteiger partial charge in [-0.2, -0.15) is 0 Å². The summed E-state index contributed by atoms with van der Waals surface area (Å²) in [5.74, 6) is 0.567. The second-order valence-corrected chi connectivity index (χ2v) is 3.08. The molecule has 0 saturated carbocycles. The molecule has 0 unspecified atom stereocenters. The molecule has 2 heterocycles. The molecule has 0 atom stereocenters. The fraction of sp³-hybridized carbons (Fsp3) is 0.200. The number of aliphatic imine (C=N–C) groups is 1. The zero-order chi connectivity index (χ0) is 10.8. The Morgan fingerprint density at radius 3 is 3.33 bits per heavy atom. The average molecular weight is 207 g/mol. The van der Waals surface area contributed by atoms with E-state index in [2.05, 4.69) is 16.7 Å². The van der Waals surface area contributed by atoms with Crippen LogP contribution in [0.4, 0.5) is 4.39 Å². The van der Waals surface area contributed by atoms with Gasteiger partial charge in [0.1, 0.15) is 11.6 Å². The van der Waals surface area contributed by atoms with Gasteiger partial charge in [-0.25, -0.2) is 9.37 Å². The summed E-state index contributed by atoms with van der Waals surface area (Å²) in [5.41, 5.74) is 0.332. The van der Waals surface area contributed by atoms with Crippen molar-refractivity contribution >= 4 is 12.3 Å². The quantitative estimate of drug-likeness (QED) is 0.697. The van der Waals surface area contributed by atoms with E-state index >= 15 is 0 Å². The largest absolute Gasteiger partial charge is 0.476 e. The second-order valence-electron chi connectivity index (χ2n) is 3.08. The van der Waals surface area contributed by atoms with Crippen molar-refractivity contribution in [3.8, 4) is 0 Å². The number of hydrogen-bond acceptors (Lipinski definition) is 3. The molecule has 0 radical (unpaired) electrons. The highest BCUT2D eigenvalue weighted by molar-refractivity contribution is 5.75. The van der Waals surface area contributed by atoms with E-state index < -0.39 is 5.83 Å². The average Bonchev–Trinajstić information content (AvgIpc) is 2.65. The monoisotopic (exact) mass is 207 g/mol. The summed E-state index contributed by atoms with van der Waals surface area (Å²) >= 11 is 0. The smallest absolute Gasteiger partial charge is 0.165 e. The Hall–Kier alpha value is -1.91. The lowest BCUT2D eigenvalue weighted by atomic mass is 10.2. The summed E-state index contributed by atoms with van der Waals surface area (Å²) < 4.78 is 20.7. The van der Waals surface area contributed by atoms with Crippen LogP contribution in [-0.4, -0.2) is 16.3 Å². The van der Waals surface area contributed by atoms with Crippen LogP contribution >= 0.6 is 0 Å². The van der Waals surface area contributed by atoms with Crippen molar-refractivity contribution < 1.29 is 9.13 Å². The first-order valence-electron chi connectivity index (χ1n) is 4.41.